The molecule has 1 aliphatic heterocycles. The molecule has 4 heterocycles. The minimum atomic E-state index is -0.0529. The molecule has 11 nitrogen and oxygen atoms in total. The minimum Gasteiger partial charge on any atom is -0.467 e. The van der Waals surface area contributed by atoms with Gasteiger partial charge in [-0.3, -0.25) is 14.7 Å². The van der Waals surface area contributed by atoms with Gasteiger partial charge in [-0.15, -0.1) is 0 Å². The van der Waals surface area contributed by atoms with E-state index in [0.717, 1.165) is 61.6 Å². The highest BCUT2D eigenvalue weighted by Gasteiger charge is 2.31. The number of aromatic nitrogens is 4. The van der Waals surface area contributed by atoms with Crippen molar-refractivity contribution in [2.45, 2.75) is 69.7 Å². The molecule has 1 aliphatic carbocycles. The molecule has 1 saturated heterocycles. The number of aromatic amines is 1. The Hall–Kier alpha value is -4.67. The van der Waals surface area contributed by atoms with Gasteiger partial charge < -0.3 is 25.3 Å². The molecule has 1 aromatic carbocycles. The molecule has 0 bridgehead atoms. The summed E-state index contributed by atoms with van der Waals surface area (Å²) in [7, 11) is 0. The Bertz CT molecular complexity index is 1500. The van der Waals surface area contributed by atoms with E-state index in [2.05, 4.69) is 36.1 Å². The van der Waals surface area contributed by atoms with E-state index in [-0.39, 0.29) is 17.9 Å². The van der Waals surface area contributed by atoms with E-state index < -0.39 is 0 Å². The standard InChI is InChI=1S/C31H36N8O3/c40-29(11-2-1-3-12-30(41)39-17-5-9-25(39)26-10-6-18-42-26)33-22-7-4-8-23(19-22)34-31-32-16-15-27(36-31)35-28-20-24(37-38-28)21-13-14-21/h4,6-8,10,15-16,18-21,25H,1-3,5,9,11-14,17H2,(H,33,40)(H3,32,34,35,36,37,38)/t25-/m1/s1. The van der Waals surface area contributed by atoms with E-state index in [4.69, 9.17) is 4.42 Å². The molecule has 0 unspecified atom stereocenters. The summed E-state index contributed by atoms with van der Waals surface area (Å²) in [6.07, 6.45) is 10.9. The van der Waals surface area contributed by atoms with Gasteiger partial charge >= 0.3 is 0 Å². The molecule has 1 atom stereocenters. The molecule has 11 heteroatoms. The van der Waals surface area contributed by atoms with Crippen LogP contribution in [0.3, 0.4) is 0 Å². The molecular weight excluding hydrogens is 532 g/mol. The van der Waals surface area contributed by atoms with Crippen molar-refractivity contribution in [1.82, 2.24) is 25.1 Å². The minimum absolute atomic E-state index is 0.0529. The molecule has 4 aromatic rings. The van der Waals surface area contributed by atoms with Crippen LogP contribution in [0.2, 0.25) is 0 Å². The second-order valence-electron chi connectivity index (χ2n) is 10.9. The van der Waals surface area contributed by atoms with Crippen molar-refractivity contribution in [1.29, 1.82) is 0 Å². The summed E-state index contributed by atoms with van der Waals surface area (Å²) in [5, 5.41) is 16.8. The predicted molar refractivity (Wildman–Crippen MR) is 160 cm³/mol. The van der Waals surface area contributed by atoms with Crippen LogP contribution in [0, 0.1) is 0 Å². The second kappa shape index (κ2) is 12.9. The van der Waals surface area contributed by atoms with Crippen LogP contribution >= 0.6 is 0 Å². The van der Waals surface area contributed by atoms with Crippen molar-refractivity contribution < 1.29 is 14.0 Å². The third-order valence-corrected chi connectivity index (χ3v) is 7.67. The van der Waals surface area contributed by atoms with E-state index in [1.54, 1.807) is 18.5 Å². The average molecular weight is 569 g/mol. The molecule has 2 amide bonds. The predicted octanol–water partition coefficient (Wildman–Crippen LogP) is 6.41. The molecule has 6 rings (SSSR count). The fourth-order valence-corrected chi connectivity index (χ4v) is 5.38. The number of carbonyl (C=O) groups is 2. The SMILES string of the molecule is O=C(CCCCCC(=O)N1CCC[C@@H]1c1ccco1)Nc1cccc(Nc2nccc(Nc3cc(C4CC4)[nH]n3)n2)c1. The van der Waals surface area contributed by atoms with Crippen LogP contribution in [0.1, 0.15) is 81.2 Å². The van der Waals surface area contributed by atoms with E-state index in [1.807, 2.05) is 47.4 Å². The quantitative estimate of drug-likeness (QED) is 0.136. The van der Waals surface area contributed by atoms with Gasteiger partial charge in [0.05, 0.1) is 12.3 Å². The van der Waals surface area contributed by atoms with Gasteiger partial charge in [0, 0.05) is 54.6 Å². The van der Waals surface area contributed by atoms with Gasteiger partial charge in [-0.2, -0.15) is 10.1 Å². The Balaban J connectivity index is 0.924. The van der Waals surface area contributed by atoms with Gasteiger partial charge in [0.15, 0.2) is 5.82 Å². The first-order chi connectivity index (χ1) is 20.6. The zero-order chi connectivity index (χ0) is 28.7. The number of nitrogens with zero attached hydrogens (tertiary/aromatic N) is 4. The smallest absolute Gasteiger partial charge is 0.229 e. The lowest BCUT2D eigenvalue weighted by Crippen LogP contribution is -2.30. The lowest BCUT2D eigenvalue weighted by atomic mass is 10.1. The average Bonchev–Trinajstić information content (AvgIpc) is 3.34. The lowest BCUT2D eigenvalue weighted by molar-refractivity contribution is -0.132. The summed E-state index contributed by atoms with van der Waals surface area (Å²) in [5.41, 5.74) is 2.60. The summed E-state index contributed by atoms with van der Waals surface area (Å²) < 4.78 is 5.53. The normalized spacial score (nSPS) is 16.4. The number of unbranched alkanes of at least 4 members (excludes halogenated alkanes) is 2. The highest BCUT2D eigenvalue weighted by molar-refractivity contribution is 5.91. The molecule has 3 aromatic heterocycles. The highest BCUT2D eigenvalue weighted by atomic mass is 16.3. The summed E-state index contributed by atoms with van der Waals surface area (Å²) in [5.74, 6) is 3.36. The van der Waals surface area contributed by atoms with Crippen molar-refractivity contribution in [2.24, 2.45) is 0 Å². The highest BCUT2D eigenvalue weighted by Crippen LogP contribution is 2.39. The fraction of sp³-hybridized carbons (Fsp3) is 0.387. The number of anilines is 5. The van der Waals surface area contributed by atoms with Gasteiger partial charge in [0.1, 0.15) is 11.6 Å². The monoisotopic (exact) mass is 568 g/mol. The van der Waals surface area contributed by atoms with Crippen molar-refractivity contribution in [2.75, 3.05) is 22.5 Å². The number of nitrogens with one attached hydrogen (secondary N) is 4. The Labute approximate surface area is 244 Å². The van der Waals surface area contributed by atoms with Gasteiger partial charge in [0.25, 0.3) is 0 Å². The molecule has 42 heavy (non-hydrogen) atoms. The van der Waals surface area contributed by atoms with Crippen LogP contribution in [-0.4, -0.2) is 43.4 Å². The molecule has 2 aliphatic rings. The number of H-pyrrole nitrogens is 1. The van der Waals surface area contributed by atoms with Crippen LogP contribution in [0.15, 0.2) is 65.4 Å². The molecule has 4 N–H and O–H groups in total. The number of furan rings is 1. The molecule has 0 radical (unpaired) electrons. The number of benzene rings is 1. The summed E-state index contributed by atoms with van der Waals surface area (Å²) >= 11 is 0. The lowest BCUT2D eigenvalue weighted by Gasteiger charge is -2.23. The van der Waals surface area contributed by atoms with E-state index >= 15 is 0 Å². The van der Waals surface area contributed by atoms with Gasteiger partial charge in [-0.05, 0) is 74.9 Å². The van der Waals surface area contributed by atoms with E-state index in [9.17, 15) is 9.59 Å². The van der Waals surface area contributed by atoms with E-state index in [1.165, 1.54) is 12.8 Å². The first-order valence-corrected chi connectivity index (χ1v) is 14.8. The van der Waals surface area contributed by atoms with Crippen molar-refractivity contribution in [3.05, 3.63) is 72.4 Å². The van der Waals surface area contributed by atoms with Crippen molar-refractivity contribution >= 4 is 40.8 Å². The third kappa shape index (κ3) is 7.15. The third-order valence-electron chi connectivity index (χ3n) is 7.67. The molecule has 2 fully saturated rings. The number of carbonyl (C=O) groups excluding carboxylic acids is 2. The Morgan fingerprint density at radius 1 is 0.952 bits per heavy atom. The topological polar surface area (TPSA) is 141 Å². The Morgan fingerprint density at radius 3 is 2.69 bits per heavy atom. The summed E-state index contributed by atoms with van der Waals surface area (Å²) in [4.78, 5) is 36.1. The van der Waals surface area contributed by atoms with Crippen LogP contribution < -0.4 is 16.0 Å². The van der Waals surface area contributed by atoms with Gasteiger partial charge in [-0.1, -0.05) is 12.5 Å². The maximum Gasteiger partial charge on any atom is 0.229 e. The molecule has 1 saturated carbocycles. The van der Waals surface area contributed by atoms with Gasteiger partial charge in [0.2, 0.25) is 17.8 Å². The largest absolute Gasteiger partial charge is 0.467 e. The number of hydrogen-bond donors (Lipinski definition) is 4. The summed E-state index contributed by atoms with van der Waals surface area (Å²) in [6, 6.07) is 15.1. The Kier molecular flexibility index (Phi) is 8.43. The zero-order valence-electron chi connectivity index (χ0n) is 23.5. The van der Waals surface area contributed by atoms with Crippen LogP contribution in [0.4, 0.5) is 29.0 Å². The number of rotatable bonds is 13. The van der Waals surface area contributed by atoms with E-state index in [0.29, 0.717) is 36.2 Å². The fourth-order valence-electron chi connectivity index (χ4n) is 5.38. The maximum atomic E-state index is 12.8. The summed E-state index contributed by atoms with van der Waals surface area (Å²) in [6.45, 7) is 0.779. The molecule has 0 spiro atoms. The number of likely N-dealkylation sites (tertiary alicyclic amines) is 1. The van der Waals surface area contributed by atoms with Crippen molar-refractivity contribution in [3.8, 4) is 0 Å². The molecular formula is C31H36N8O3. The number of hydrogen-bond acceptors (Lipinski definition) is 8. The Morgan fingerprint density at radius 2 is 1.83 bits per heavy atom. The number of amides is 2. The first kappa shape index (κ1) is 27.5. The van der Waals surface area contributed by atoms with Crippen molar-refractivity contribution in [3.63, 3.8) is 0 Å². The van der Waals surface area contributed by atoms with Gasteiger partial charge in [-0.25, -0.2) is 4.98 Å². The first-order valence-electron chi connectivity index (χ1n) is 14.8. The zero-order valence-corrected chi connectivity index (χ0v) is 23.5. The van der Waals surface area contributed by atoms with Crippen LogP contribution in [0.5, 0.6) is 0 Å². The molecule has 218 valence electrons. The second-order valence-corrected chi connectivity index (χ2v) is 10.9. The maximum absolute atomic E-state index is 12.8. The van der Waals surface area contributed by atoms with Crippen LogP contribution in [0.25, 0.3) is 0 Å². The van der Waals surface area contributed by atoms with Crippen LogP contribution in [-0.2, 0) is 9.59 Å².